The maximum atomic E-state index is 14.0. The number of carbonyl (C=O) groups is 1. The zero-order chi connectivity index (χ0) is 27.4. The molecule has 1 aromatic heterocycles. The lowest BCUT2D eigenvalue weighted by Gasteiger charge is -2.30. The Balaban J connectivity index is 1.46. The predicted molar refractivity (Wildman–Crippen MR) is 136 cm³/mol. The Hall–Kier alpha value is -3.77. The Morgan fingerprint density at radius 3 is 2.50 bits per heavy atom. The number of benzene rings is 2. The number of ether oxygens (including phenoxy) is 2. The highest BCUT2D eigenvalue weighted by atomic mass is 32.2. The van der Waals surface area contributed by atoms with E-state index in [4.69, 9.17) is 14.0 Å². The Morgan fingerprint density at radius 2 is 1.84 bits per heavy atom. The highest BCUT2D eigenvalue weighted by Gasteiger charge is 2.36. The number of nitrogens with one attached hydrogen (secondary N) is 1. The number of halogens is 2. The number of aryl methyl sites for hydroxylation is 1. The third-order valence-corrected chi connectivity index (χ3v) is 8.35. The highest BCUT2D eigenvalue weighted by Crippen LogP contribution is 2.32. The van der Waals surface area contributed by atoms with Gasteiger partial charge in [-0.15, -0.1) is 0 Å². The molecule has 1 aliphatic heterocycles. The van der Waals surface area contributed by atoms with Crippen LogP contribution in [0.3, 0.4) is 0 Å². The lowest BCUT2D eigenvalue weighted by atomic mass is 9.97. The number of hydrogen-bond donors (Lipinski definition) is 1. The molecule has 1 aliphatic rings. The molecule has 0 atom stereocenters. The van der Waals surface area contributed by atoms with Gasteiger partial charge in [-0.05, 0) is 56.2 Å². The highest BCUT2D eigenvalue weighted by molar-refractivity contribution is 7.89. The SMILES string of the molecule is COc1ccc(OC)c(NC(=O)C2CCN(S(=O)(=O)c3c(C)noc3C=Cc3ccc(F)cc3F)CC2)c1. The van der Waals surface area contributed by atoms with Crippen LogP contribution in [0.1, 0.15) is 29.9 Å². The van der Waals surface area contributed by atoms with Crippen molar-refractivity contribution in [2.24, 2.45) is 5.92 Å². The van der Waals surface area contributed by atoms with Crippen molar-refractivity contribution in [3.05, 3.63) is 65.1 Å². The summed E-state index contributed by atoms with van der Waals surface area (Å²) in [6.45, 7) is 1.71. The van der Waals surface area contributed by atoms with Crippen LogP contribution in [0.2, 0.25) is 0 Å². The second-order valence-corrected chi connectivity index (χ2v) is 10.6. The fraction of sp³-hybridized carbons (Fsp3) is 0.308. The average Bonchev–Trinajstić information content (AvgIpc) is 3.29. The van der Waals surface area contributed by atoms with Crippen LogP contribution in [0, 0.1) is 24.5 Å². The van der Waals surface area contributed by atoms with Crippen molar-refractivity contribution < 1.29 is 36.0 Å². The molecule has 12 heteroatoms. The predicted octanol–water partition coefficient (Wildman–Crippen LogP) is 4.49. The van der Waals surface area contributed by atoms with Gasteiger partial charge in [0, 0.05) is 36.7 Å². The summed E-state index contributed by atoms with van der Waals surface area (Å²) < 4.78 is 71.1. The van der Waals surface area contributed by atoms with Crippen LogP contribution in [0.4, 0.5) is 14.5 Å². The fourth-order valence-electron chi connectivity index (χ4n) is 4.23. The molecule has 0 spiro atoms. The molecule has 0 bridgehead atoms. The summed E-state index contributed by atoms with van der Waals surface area (Å²) >= 11 is 0. The van der Waals surface area contributed by atoms with Gasteiger partial charge in [-0.25, -0.2) is 17.2 Å². The monoisotopic (exact) mass is 547 g/mol. The van der Waals surface area contributed by atoms with E-state index < -0.39 is 27.6 Å². The number of anilines is 1. The summed E-state index contributed by atoms with van der Waals surface area (Å²) in [5.74, 6) is -1.23. The van der Waals surface area contributed by atoms with Gasteiger partial charge in [0.2, 0.25) is 15.9 Å². The molecular weight excluding hydrogens is 520 g/mol. The minimum Gasteiger partial charge on any atom is -0.497 e. The molecule has 1 fully saturated rings. The van der Waals surface area contributed by atoms with Crippen molar-refractivity contribution in [2.45, 2.75) is 24.7 Å². The number of sulfonamides is 1. The summed E-state index contributed by atoms with van der Waals surface area (Å²) in [7, 11) is -1.01. The number of rotatable bonds is 8. The summed E-state index contributed by atoms with van der Waals surface area (Å²) in [5, 5.41) is 6.62. The van der Waals surface area contributed by atoms with E-state index in [1.165, 1.54) is 43.7 Å². The van der Waals surface area contributed by atoms with Crippen LogP contribution in [-0.2, 0) is 14.8 Å². The Bertz CT molecular complexity index is 1460. The lowest BCUT2D eigenvalue weighted by Crippen LogP contribution is -2.41. The van der Waals surface area contributed by atoms with E-state index in [-0.39, 0.29) is 40.9 Å². The van der Waals surface area contributed by atoms with Gasteiger partial charge in [0.15, 0.2) is 10.7 Å². The number of nitrogens with zero attached hydrogens (tertiary/aromatic N) is 2. The van der Waals surface area contributed by atoms with Gasteiger partial charge in [0.25, 0.3) is 0 Å². The van der Waals surface area contributed by atoms with E-state index >= 15 is 0 Å². The summed E-state index contributed by atoms with van der Waals surface area (Å²) in [6, 6.07) is 8.10. The Kier molecular flexibility index (Phi) is 8.12. The molecule has 0 saturated carbocycles. The number of methoxy groups -OCH3 is 2. The van der Waals surface area contributed by atoms with Gasteiger partial charge >= 0.3 is 0 Å². The summed E-state index contributed by atoms with van der Waals surface area (Å²) in [6.07, 6.45) is 3.17. The number of piperidine rings is 1. The van der Waals surface area contributed by atoms with Crippen molar-refractivity contribution >= 4 is 33.8 Å². The quantitative estimate of drug-likeness (QED) is 0.442. The van der Waals surface area contributed by atoms with Crippen molar-refractivity contribution in [3.8, 4) is 11.5 Å². The Morgan fingerprint density at radius 1 is 1.11 bits per heavy atom. The largest absolute Gasteiger partial charge is 0.497 e. The van der Waals surface area contributed by atoms with Gasteiger partial charge in [-0.3, -0.25) is 4.79 Å². The van der Waals surface area contributed by atoms with Crippen LogP contribution < -0.4 is 14.8 Å². The molecule has 2 aromatic carbocycles. The Labute approximate surface area is 219 Å². The van der Waals surface area contributed by atoms with Gasteiger partial charge in [0.05, 0.1) is 19.9 Å². The van der Waals surface area contributed by atoms with Crippen molar-refractivity contribution in [1.82, 2.24) is 9.46 Å². The second kappa shape index (κ2) is 11.3. The molecule has 1 saturated heterocycles. The molecular formula is C26H27F2N3O6S. The van der Waals surface area contributed by atoms with Crippen LogP contribution >= 0.6 is 0 Å². The maximum absolute atomic E-state index is 14.0. The molecule has 1 N–H and O–H groups in total. The van der Waals surface area contributed by atoms with E-state index in [0.29, 0.717) is 30.0 Å². The van der Waals surface area contributed by atoms with Crippen LogP contribution in [0.15, 0.2) is 45.8 Å². The third-order valence-electron chi connectivity index (χ3n) is 6.30. The first-order valence-corrected chi connectivity index (χ1v) is 13.2. The van der Waals surface area contributed by atoms with Crippen LogP contribution in [0.5, 0.6) is 11.5 Å². The zero-order valence-electron chi connectivity index (χ0n) is 21.0. The van der Waals surface area contributed by atoms with E-state index in [0.717, 1.165) is 12.1 Å². The lowest BCUT2D eigenvalue weighted by molar-refractivity contribution is -0.120. The first-order valence-electron chi connectivity index (χ1n) is 11.8. The molecule has 0 radical (unpaired) electrons. The molecule has 4 rings (SSSR count). The average molecular weight is 548 g/mol. The normalized spacial score (nSPS) is 15.1. The molecule has 202 valence electrons. The van der Waals surface area contributed by atoms with Crippen molar-refractivity contribution in [1.29, 1.82) is 0 Å². The first kappa shape index (κ1) is 27.3. The molecule has 9 nitrogen and oxygen atoms in total. The topological polar surface area (TPSA) is 111 Å². The van der Waals surface area contributed by atoms with Gasteiger partial charge in [0.1, 0.15) is 28.8 Å². The van der Waals surface area contributed by atoms with E-state index in [1.807, 2.05) is 0 Å². The van der Waals surface area contributed by atoms with Crippen molar-refractivity contribution in [3.63, 3.8) is 0 Å². The number of amides is 1. The molecule has 0 aliphatic carbocycles. The van der Waals surface area contributed by atoms with E-state index in [9.17, 15) is 22.0 Å². The van der Waals surface area contributed by atoms with E-state index in [1.54, 1.807) is 18.2 Å². The van der Waals surface area contributed by atoms with E-state index in [2.05, 4.69) is 10.5 Å². The maximum Gasteiger partial charge on any atom is 0.248 e. The minimum absolute atomic E-state index is 0.0586. The molecule has 3 aromatic rings. The minimum atomic E-state index is -4.03. The van der Waals surface area contributed by atoms with Crippen LogP contribution in [0.25, 0.3) is 12.2 Å². The van der Waals surface area contributed by atoms with Crippen LogP contribution in [-0.4, -0.2) is 51.1 Å². The number of aromatic nitrogens is 1. The number of carbonyl (C=O) groups excluding carboxylic acids is 1. The standard InChI is InChI=1S/C26H27F2N3O6S/c1-16-25(24(37-30-16)8-5-17-4-6-19(27)14-21(17)28)38(33,34)31-12-10-18(11-13-31)26(32)29-22-15-20(35-2)7-9-23(22)36-3/h4-9,14-15,18H,10-13H2,1-3H3,(H,29,32). The molecule has 38 heavy (non-hydrogen) atoms. The fourth-order valence-corrected chi connectivity index (χ4v) is 5.95. The smallest absolute Gasteiger partial charge is 0.248 e. The molecule has 0 unspecified atom stereocenters. The first-order chi connectivity index (χ1) is 18.1. The molecule has 2 heterocycles. The summed E-state index contributed by atoms with van der Waals surface area (Å²) in [4.78, 5) is 12.8. The summed E-state index contributed by atoms with van der Waals surface area (Å²) in [5.41, 5.74) is 0.665. The molecule has 1 amide bonds. The van der Waals surface area contributed by atoms with Crippen molar-refractivity contribution in [2.75, 3.05) is 32.6 Å². The van der Waals surface area contributed by atoms with Gasteiger partial charge in [-0.1, -0.05) is 5.16 Å². The second-order valence-electron chi connectivity index (χ2n) is 8.69. The van der Waals surface area contributed by atoms with Gasteiger partial charge in [-0.2, -0.15) is 4.31 Å². The third kappa shape index (κ3) is 5.70. The van der Waals surface area contributed by atoms with Gasteiger partial charge < -0.3 is 19.3 Å². The zero-order valence-corrected chi connectivity index (χ0v) is 21.8. The number of hydrogen-bond acceptors (Lipinski definition) is 7.